The summed E-state index contributed by atoms with van der Waals surface area (Å²) in [5, 5.41) is 7.05. The van der Waals surface area contributed by atoms with E-state index in [1.54, 1.807) is 11.0 Å². The summed E-state index contributed by atoms with van der Waals surface area (Å²) in [5.74, 6) is -1.98. The first kappa shape index (κ1) is 17.7. The number of aromatic nitrogens is 3. The molecule has 5 nitrogen and oxygen atoms in total. The van der Waals surface area contributed by atoms with Crippen molar-refractivity contribution in [1.29, 1.82) is 0 Å². The van der Waals surface area contributed by atoms with E-state index in [-0.39, 0.29) is 18.4 Å². The maximum atomic E-state index is 13.3. The van der Waals surface area contributed by atoms with Gasteiger partial charge in [-0.15, -0.1) is 0 Å². The van der Waals surface area contributed by atoms with Crippen molar-refractivity contribution in [3.05, 3.63) is 83.9 Å². The average molecular weight is 356 g/mol. The third-order valence-corrected chi connectivity index (χ3v) is 4.00. The van der Waals surface area contributed by atoms with E-state index in [0.29, 0.717) is 18.5 Å². The lowest BCUT2D eigenvalue weighted by Gasteiger charge is -2.19. The summed E-state index contributed by atoms with van der Waals surface area (Å²) in [6.45, 7) is 0.445. The molecule has 0 spiro atoms. The van der Waals surface area contributed by atoms with E-state index in [9.17, 15) is 13.6 Å². The van der Waals surface area contributed by atoms with Gasteiger partial charge < -0.3 is 5.32 Å². The predicted molar refractivity (Wildman–Crippen MR) is 92.0 cm³/mol. The third-order valence-electron chi connectivity index (χ3n) is 4.00. The van der Waals surface area contributed by atoms with Crippen LogP contribution in [0.2, 0.25) is 0 Å². The molecule has 0 saturated heterocycles. The quantitative estimate of drug-likeness (QED) is 0.708. The number of nitrogens with one attached hydrogen (secondary N) is 1. The van der Waals surface area contributed by atoms with Crippen molar-refractivity contribution in [2.75, 3.05) is 0 Å². The minimum atomic E-state index is -0.906. The van der Waals surface area contributed by atoms with Gasteiger partial charge in [-0.3, -0.25) is 9.48 Å². The first-order valence-electron chi connectivity index (χ1n) is 8.22. The van der Waals surface area contributed by atoms with Crippen molar-refractivity contribution in [1.82, 2.24) is 20.1 Å². The summed E-state index contributed by atoms with van der Waals surface area (Å²) in [5.41, 5.74) is 1.52. The van der Waals surface area contributed by atoms with E-state index in [4.69, 9.17) is 0 Å². The van der Waals surface area contributed by atoms with Gasteiger partial charge in [0.25, 0.3) is 0 Å². The summed E-state index contributed by atoms with van der Waals surface area (Å²) < 4.78 is 27.9. The molecule has 0 bridgehead atoms. The molecule has 1 N–H and O–H groups in total. The van der Waals surface area contributed by atoms with E-state index in [2.05, 4.69) is 15.4 Å². The van der Waals surface area contributed by atoms with Gasteiger partial charge in [0, 0.05) is 6.42 Å². The first-order valence-corrected chi connectivity index (χ1v) is 8.22. The molecule has 0 aliphatic carbocycles. The van der Waals surface area contributed by atoms with Crippen molar-refractivity contribution in [3.8, 4) is 0 Å². The number of hydrogen-bond acceptors (Lipinski definition) is 3. The standard InChI is InChI=1S/C19H18F2N4O/c20-16-8-6-14(10-17(16)21)7-9-19(26)24-18(11-25-13-22-12-23-25)15-4-2-1-3-5-15/h1-6,8,10,12-13,18H,7,9,11H2,(H,24,26). The SMILES string of the molecule is O=C(CCc1ccc(F)c(F)c1)NC(Cn1cncn1)c1ccccc1. The van der Waals surface area contributed by atoms with Gasteiger partial charge in [-0.05, 0) is 29.7 Å². The molecule has 0 saturated carbocycles. The van der Waals surface area contributed by atoms with Gasteiger partial charge in [-0.25, -0.2) is 13.8 Å². The zero-order valence-electron chi connectivity index (χ0n) is 14.0. The van der Waals surface area contributed by atoms with Gasteiger partial charge in [0.05, 0.1) is 12.6 Å². The van der Waals surface area contributed by atoms with Gasteiger partial charge >= 0.3 is 0 Å². The van der Waals surface area contributed by atoms with Crippen molar-refractivity contribution in [2.24, 2.45) is 0 Å². The Balaban J connectivity index is 1.64. The monoisotopic (exact) mass is 356 g/mol. The normalized spacial score (nSPS) is 11.9. The largest absolute Gasteiger partial charge is 0.347 e. The molecule has 1 aromatic heterocycles. The third kappa shape index (κ3) is 4.72. The molecule has 1 heterocycles. The molecule has 0 fully saturated rings. The Morgan fingerprint density at radius 2 is 1.92 bits per heavy atom. The number of rotatable bonds is 7. The smallest absolute Gasteiger partial charge is 0.220 e. The Bertz CT molecular complexity index is 853. The van der Waals surface area contributed by atoms with Crippen molar-refractivity contribution >= 4 is 5.91 Å². The Hall–Kier alpha value is -3.09. The molecule has 1 atom stereocenters. The number of nitrogens with zero attached hydrogens (tertiary/aromatic N) is 3. The van der Waals surface area contributed by atoms with Crippen LogP contribution in [-0.4, -0.2) is 20.7 Å². The minimum Gasteiger partial charge on any atom is -0.347 e. The van der Waals surface area contributed by atoms with Crippen LogP contribution >= 0.6 is 0 Å². The van der Waals surface area contributed by atoms with Crippen molar-refractivity contribution < 1.29 is 13.6 Å². The fourth-order valence-electron chi connectivity index (χ4n) is 2.65. The summed E-state index contributed by atoms with van der Waals surface area (Å²) >= 11 is 0. The maximum absolute atomic E-state index is 13.3. The van der Waals surface area contributed by atoms with Crippen LogP contribution in [0.1, 0.15) is 23.6 Å². The van der Waals surface area contributed by atoms with E-state index in [1.807, 2.05) is 30.3 Å². The molecule has 0 aliphatic heterocycles. The molecule has 1 amide bonds. The van der Waals surface area contributed by atoms with E-state index < -0.39 is 11.6 Å². The molecule has 26 heavy (non-hydrogen) atoms. The summed E-state index contributed by atoms with van der Waals surface area (Å²) in [7, 11) is 0. The highest BCUT2D eigenvalue weighted by molar-refractivity contribution is 5.76. The number of halogens is 2. The fourth-order valence-corrected chi connectivity index (χ4v) is 2.65. The van der Waals surface area contributed by atoms with Crippen LogP contribution in [-0.2, 0) is 17.8 Å². The molecule has 1 unspecified atom stereocenters. The number of carbonyl (C=O) groups excluding carboxylic acids is 1. The highest BCUT2D eigenvalue weighted by Gasteiger charge is 2.16. The molecule has 0 radical (unpaired) electrons. The maximum Gasteiger partial charge on any atom is 0.220 e. The second-order valence-electron chi connectivity index (χ2n) is 5.90. The summed E-state index contributed by atoms with van der Waals surface area (Å²) in [6, 6.07) is 13.0. The lowest BCUT2D eigenvalue weighted by molar-refractivity contribution is -0.121. The van der Waals surface area contributed by atoms with Crippen LogP contribution in [0, 0.1) is 11.6 Å². The Morgan fingerprint density at radius 3 is 2.62 bits per heavy atom. The Labute approximate surface area is 149 Å². The lowest BCUT2D eigenvalue weighted by atomic mass is 10.1. The zero-order valence-corrected chi connectivity index (χ0v) is 14.0. The number of benzene rings is 2. The number of hydrogen-bond donors (Lipinski definition) is 1. The van der Waals surface area contributed by atoms with Gasteiger partial charge in [0.15, 0.2) is 11.6 Å². The van der Waals surface area contributed by atoms with E-state index in [0.717, 1.165) is 17.7 Å². The van der Waals surface area contributed by atoms with Crippen LogP contribution in [0.15, 0.2) is 61.2 Å². The second kappa shape index (κ2) is 8.33. The van der Waals surface area contributed by atoms with Gasteiger partial charge in [-0.2, -0.15) is 5.10 Å². The van der Waals surface area contributed by atoms with Gasteiger partial charge in [0.2, 0.25) is 5.91 Å². The molecule has 3 aromatic rings. The van der Waals surface area contributed by atoms with E-state index in [1.165, 1.54) is 12.4 Å². The highest BCUT2D eigenvalue weighted by atomic mass is 19.2. The Morgan fingerprint density at radius 1 is 1.12 bits per heavy atom. The van der Waals surface area contributed by atoms with Gasteiger partial charge in [-0.1, -0.05) is 36.4 Å². The summed E-state index contributed by atoms with van der Waals surface area (Å²) in [4.78, 5) is 16.3. The Kier molecular flexibility index (Phi) is 5.68. The summed E-state index contributed by atoms with van der Waals surface area (Å²) in [6.07, 6.45) is 3.52. The van der Waals surface area contributed by atoms with Gasteiger partial charge in [0.1, 0.15) is 12.7 Å². The molecule has 2 aromatic carbocycles. The zero-order chi connectivity index (χ0) is 18.4. The van der Waals surface area contributed by atoms with Crippen LogP contribution in [0.3, 0.4) is 0 Å². The lowest BCUT2D eigenvalue weighted by Crippen LogP contribution is -2.31. The second-order valence-corrected chi connectivity index (χ2v) is 5.90. The molecule has 134 valence electrons. The van der Waals surface area contributed by atoms with Crippen LogP contribution < -0.4 is 5.32 Å². The van der Waals surface area contributed by atoms with E-state index >= 15 is 0 Å². The number of amides is 1. The first-order chi connectivity index (χ1) is 12.6. The number of carbonyl (C=O) groups is 1. The average Bonchev–Trinajstić information content (AvgIpc) is 3.16. The molecule has 3 rings (SSSR count). The van der Waals surface area contributed by atoms with Crippen LogP contribution in [0.4, 0.5) is 8.78 Å². The topological polar surface area (TPSA) is 59.8 Å². The predicted octanol–water partition coefficient (Wildman–Crippen LogP) is 3.05. The van der Waals surface area contributed by atoms with Crippen molar-refractivity contribution in [2.45, 2.75) is 25.4 Å². The fraction of sp³-hybridized carbons (Fsp3) is 0.211. The van der Waals surface area contributed by atoms with Crippen LogP contribution in [0.5, 0.6) is 0 Å². The molecule has 0 aliphatic rings. The highest BCUT2D eigenvalue weighted by Crippen LogP contribution is 2.16. The number of aryl methyl sites for hydroxylation is 1. The minimum absolute atomic E-state index is 0.172. The molecule has 7 heteroatoms. The van der Waals surface area contributed by atoms with Crippen LogP contribution in [0.25, 0.3) is 0 Å². The van der Waals surface area contributed by atoms with Crippen molar-refractivity contribution in [3.63, 3.8) is 0 Å². The molecular formula is C19H18F2N4O. The molecular weight excluding hydrogens is 338 g/mol.